The second-order valence-corrected chi connectivity index (χ2v) is 10.1. The van der Waals surface area contributed by atoms with Gasteiger partial charge >= 0.3 is 0 Å². The Morgan fingerprint density at radius 1 is 0.941 bits per heavy atom. The van der Waals surface area contributed by atoms with Gasteiger partial charge in [0.1, 0.15) is 0 Å². The molecular formula is C26H29N3O4S. The van der Waals surface area contributed by atoms with Gasteiger partial charge in [-0.2, -0.15) is 0 Å². The smallest absolute Gasteiger partial charge is 0.261 e. The summed E-state index contributed by atoms with van der Waals surface area (Å²) in [4.78, 5) is 15.2. The highest BCUT2D eigenvalue weighted by Crippen LogP contribution is 2.23. The molecule has 0 atom stereocenters. The first-order chi connectivity index (χ1) is 16.3. The van der Waals surface area contributed by atoms with E-state index in [0.717, 1.165) is 37.2 Å². The zero-order valence-electron chi connectivity index (χ0n) is 19.3. The van der Waals surface area contributed by atoms with Gasteiger partial charge in [-0.15, -0.1) is 0 Å². The number of ether oxygens (including phenoxy) is 1. The quantitative estimate of drug-likeness (QED) is 0.515. The maximum atomic E-state index is 12.7. The molecule has 1 aliphatic heterocycles. The van der Waals surface area contributed by atoms with Gasteiger partial charge in [0.25, 0.3) is 15.9 Å². The lowest BCUT2D eigenvalue weighted by atomic mass is 10.1. The number of carbonyl (C=O) groups excluding carboxylic acids is 1. The average Bonchev–Trinajstić information content (AvgIpc) is 2.85. The number of benzene rings is 3. The summed E-state index contributed by atoms with van der Waals surface area (Å²) < 4.78 is 33.2. The molecule has 1 amide bonds. The highest BCUT2D eigenvalue weighted by Gasteiger charge is 2.19. The van der Waals surface area contributed by atoms with Crippen LogP contribution >= 0.6 is 0 Å². The second-order valence-electron chi connectivity index (χ2n) is 8.42. The van der Waals surface area contributed by atoms with Gasteiger partial charge in [0.05, 0.1) is 11.0 Å². The molecular weight excluding hydrogens is 450 g/mol. The van der Waals surface area contributed by atoms with E-state index in [1.165, 1.54) is 0 Å². The predicted octanol–water partition coefficient (Wildman–Crippen LogP) is 4.66. The lowest BCUT2D eigenvalue weighted by Gasteiger charge is -2.33. The number of nitrogens with zero attached hydrogens (tertiary/aromatic N) is 1. The third-order valence-corrected chi connectivity index (χ3v) is 7.34. The van der Waals surface area contributed by atoms with Crippen LogP contribution in [-0.4, -0.2) is 40.6 Å². The molecule has 0 aromatic heterocycles. The van der Waals surface area contributed by atoms with Crippen LogP contribution < -0.4 is 14.9 Å². The molecule has 34 heavy (non-hydrogen) atoms. The molecule has 178 valence electrons. The van der Waals surface area contributed by atoms with Crippen LogP contribution in [0.4, 0.5) is 17.1 Å². The molecule has 0 spiro atoms. The Kier molecular flexibility index (Phi) is 7.19. The fourth-order valence-corrected chi connectivity index (χ4v) is 5.16. The minimum atomic E-state index is -3.70. The molecule has 1 fully saturated rings. The first-order valence-corrected chi connectivity index (χ1v) is 12.7. The summed E-state index contributed by atoms with van der Waals surface area (Å²) in [5, 5.41) is 2.89. The Bertz CT molecular complexity index is 1230. The number of methoxy groups -OCH3 is 1. The Morgan fingerprint density at radius 2 is 1.59 bits per heavy atom. The van der Waals surface area contributed by atoms with Crippen molar-refractivity contribution >= 4 is 33.0 Å². The predicted molar refractivity (Wildman–Crippen MR) is 135 cm³/mol. The first-order valence-electron chi connectivity index (χ1n) is 11.2. The van der Waals surface area contributed by atoms with Crippen molar-refractivity contribution in [1.82, 2.24) is 0 Å². The molecule has 0 aliphatic carbocycles. The number of carbonyl (C=O) groups is 1. The van der Waals surface area contributed by atoms with E-state index in [1.807, 2.05) is 37.3 Å². The number of aryl methyl sites for hydroxylation is 1. The highest BCUT2D eigenvalue weighted by molar-refractivity contribution is 7.92. The maximum absolute atomic E-state index is 12.7. The molecule has 2 N–H and O–H groups in total. The van der Waals surface area contributed by atoms with Gasteiger partial charge in [-0.05, 0) is 86.0 Å². The van der Waals surface area contributed by atoms with Crippen LogP contribution in [0, 0.1) is 6.92 Å². The van der Waals surface area contributed by atoms with E-state index in [0.29, 0.717) is 23.0 Å². The van der Waals surface area contributed by atoms with E-state index in [9.17, 15) is 13.2 Å². The summed E-state index contributed by atoms with van der Waals surface area (Å²) in [5.74, 6) is -0.262. The van der Waals surface area contributed by atoms with Crippen molar-refractivity contribution in [3.63, 3.8) is 0 Å². The number of hydrogen-bond donors (Lipinski definition) is 2. The van der Waals surface area contributed by atoms with E-state index in [4.69, 9.17) is 4.74 Å². The molecule has 0 unspecified atom stereocenters. The lowest BCUT2D eigenvalue weighted by molar-refractivity contribution is 0.0819. The third kappa shape index (κ3) is 5.76. The van der Waals surface area contributed by atoms with Crippen molar-refractivity contribution in [2.24, 2.45) is 0 Å². The molecule has 3 aromatic carbocycles. The van der Waals surface area contributed by atoms with Gasteiger partial charge in [0, 0.05) is 42.8 Å². The van der Waals surface area contributed by atoms with Crippen LogP contribution in [0.15, 0.2) is 77.7 Å². The van der Waals surface area contributed by atoms with Gasteiger partial charge in [-0.25, -0.2) is 8.42 Å². The van der Waals surface area contributed by atoms with E-state index in [-0.39, 0.29) is 10.8 Å². The summed E-state index contributed by atoms with van der Waals surface area (Å²) in [6.45, 7) is 3.74. The van der Waals surface area contributed by atoms with E-state index in [1.54, 1.807) is 49.6 Å². The summed E-state index contributed by atoms with van der Waals surface area (Å²) in [5.41, 5.74) is 3.50. The first kappa shape index (κ1) is 23.8. The molecule has 4 rings (SSSR count). The van der Waals surface area contributed by atoms with Crippen LogP contribution in [0.25, 0.3) is 0 Å². The lowest BCUT2D eigenvalue weighted by Crippen LogP contribution is -2.36. The largest absolute Gasteiger partial charge is 0.381 e. The van der Waals surface area contributed by atoms with Crippen molar-refractivity contribution in [2.75, 3.05) is 35.1 Å². The van der Waals surface area contributed by atoms with E-state index < -0.39 is 10.0 Å². The molecule has 7 nitrogen and oxygen atoms in total. The minimum Gasteiger partial charge on any atom is -0.381 e. The number of piperidine rings is 1. The Hall–Kier alpha value is -3.36. The van der Waals surface area contributed by atoms with Crippen molar-refractivity contribution in [3.8, 4) is 0 Å². The molecule has 1 heterocycles. The summed E-state index contributed by atoms with van der Waals surface area (Å²) in [6.07, 6.45) is 2.34. The Balaban J connectivity index is 1.36. The van der Waals surface area contributed by atoms with Gasteiger partial charge in [-0.3, -0.25) is 9.52 Å². The molecule has 8 heteroatoms. The zero-order chi connectivity index (χ0) is 24.1. The van der Waals surface area contributed by atoms with Gasteiger partial charge < -0.3 is 15.0 Å². The average molecular weight is 480 g/mol. The maximum Gasteiger partial charge on any atom is 0.261 e. The number of sulfonamides is 1. The number of amides is 1. The van der Waals surface area contributed by atoms with Crippen molar-refractivity contribution < 1.29 is 17.9 Å². The normalized spacial score (nSPS) is 14.6. The summed E-state index contributed by atoms with van der Waals surface area (Å²) in [7, 11) is -1.94. The SMILES string of the molecule is COC1CCN(c2ccc(NC(=O)c3ccc(NS(=O)(=O)c4cccc(C)c4)cc3)cc2)CC1. The van der Waals surface area contributed by atoms with E-state index >= 15 is 0 Å². The van der Waals surface area contributed by atoms with Crippen LogP contribution in [0.2, 0.25) is 0 Å². The van der Waals surface area contributed by atoms with Gasteiger partial charge in [-0.1, -0.05) is 12.1 Å². The highest BCUT2D eigenvalue weighted by atomic mass is 32.2. The van der Waals surface area contributed by atoms with E-state index in [2.05, 4.69) is 14.9 Å². The molecule has 1 saturated heterocycles. The summed E-state index contributed by atoms with van der Waals surface area (Å²) >= 11 is 0. The molecule has 1 aliphatic rings. The van der Waals surface area contributed by atoms with Crippen molar-refractivity contribution in [3.05, 3.63) is 83.9 Å². The number of anilines is 3. The number of nitrogens with one attached hydrogen (secondary N) is 2. The second kappa shape index (κ2) is 10.3. The van der Waals surface area contributed by atoms with Crippen LogP contribution in [0.5, 0.6) is 0 Å². The Labute approximate surface area is 200 Å². The molecule has 3 aromatic rings. The number of rotatable bonds is 7. The molecule has 0 radical (unpaired) electrons. The zero-order valence-corrected chi connectivity index (χ0v) is 20.1. The van der Waals surface area contributed by atoms with Crippen molar-refractivity contribution in [2.45, 2.75) is 30.8 Å². The monoisotopic (exact) mass is 479 g/mol. The van der Waals surface area contributed by atoms with Crippen LogP contribution in [0.3, 0.4) is 0 Å². The molecule has 0 bridgehead atoms. The van der Waals surface area contributed by atoms with Crippen LogP contribution in [-0.2, 0) is 14.8 Å². The third-order valence-electron chi connectivity index (χ3n) is 5.96. The minimum absolute atomic E-state index is 0.195. The van der Waals surface area contributed by atoms with Crippen LogP contribution in [0.1, 0.15) is 28.8 Å². The number of hydrogen-bond acceptors (Lipinski definition) is 5. The topological polar surface area (TPSA) is 87.7 Å². The van der Waals surface area contributed by atoms with Crippen molar-refractivity contribution in [1.29, 1.82) is 0 Å². The van der Waals surface area contributed by atoms with Gasteiger partial charge in [0.15, 0.2) is 0 Å². The van der Waals surface area contributed by atoms with Gasteiger partial charge in [0.2, 0.25) is 0 Å². The fourth-order valence-electron chi connectivity index (χ4n) is 3.99. The fraction of sp³-hybridized carbons (Fsp3) is 0.269. The Morgan fingerprint density at radius 3 is 2.21 bits per heavy atom. The standard InChI is InChI=1S/C26H29N3O4S/c1-19-4-3-5-25(18-19)34(31,32)28-22-8-6-20(7-9-22)26(30)27-21-10-12-23(13-11-21)29-16-14-24(33-2)15-17-29/h3-13,18,24,28H,14-17H2,1-2H3,(H,27,30). The summed E-state index contributed by atoms with van der Waals surface area (Å²) in [6, 6.07) is 20.8. The molecule has 0 saturated carbocycles.